The number of piperidine rings is 1. The highest BCUT2D eigenvalue weighted by atomic mass is 16.3. The van der Waals surface area contributed by atoms with Gasteiger partial charge in [0.25, 0.3) is 0 Å². The van der Waals surface area contributed by atoms with Gasteiger partial charge < -0.3 is 5.11 Å². The lowest BCUT2D eigenvalue weighted by molar-refractivity contribution is 0.116. The maximum absolute atomic E-state index is 9.14. The van der Waals surface area contributed by atoms with Crippen LogP contribution in [0.4, 0.5) is 0 Å². The van der Waals surface area contributed by atoms with Gasteiger partial charge in [0.1, 0.15) is 0 Å². The van der Waals surface area contributed by atoms with E-state index in [9.17, 15) is 0 Å². The minimum absolute atomic E-state index is 0.326. The van der Waals surface area contributed by atoms with Gasteiger partial charge in [-0.1, -0.05) is 0 Å². The largest absolute Gasteiger partial charge is 0.396 e. The maximum Gasteiger partial charge on any atom is 0.0471 e. The number of aliphatic hydroxyl groups excluding tert-OH is 1. The molecule has 3 heteroatoms. The summed E-state index contributed by atoms with van der Waals surface area (Å²) < 4.78 is 0. The molecule has 3 nitrogen and oxygen atoms in total. The zero-order chi connectivity index (χ0) is 10.5. The van der Waals surface area contributed by atoms with E-state index in [2.05, 4.69) is 22.0 Å². The maximum atomic E-state index is 9.14. The molecule has 0 bridgehead atoms. The van der Waals surface area contributed by atoms with Crippen molar-refractivity contribution in [1.82, 2.24) is 9.88 Å². The van der Waals surface area contributed by atoms with Gasteiger partial charge in [0, 0.05) is 32.1 Å². The third-order valence-electron chi connectivity index (χ3n) is 3.02. The van der Waals surface area contributed by atoms with E-state index >= 15 is 0 Å². The van der Waals surface area contributed by atoms with Crippen molar-refractivity contribution in [2.75, 3.05) is 19.7 Å². The highest BCUT2D eigenvalue weighted by Crippen LogP contribution is 2.17. The van der Waals surface area contributed by atoms with Crippen LogP contribution in [0.2, 0.25) is 0 Å². The fraction of sp³-hybridized carbons (Fsp3) is 0.583. The fourth-order valence-corrected chi connectivity index (χ4v) is 2.19. The first-order valence-electron chi connectivity index (χ1n) is 5.60. The first kappa shape index (κ1) is 10.6. The Labute approximate surface area is 90.8 Å². The number of hydrogen-bond donors (Lipinski definition) is 1. The molecule has 1 N–H and O–H groups in total. The van der Waals surface area contributed by atoms with E-state index in [1.165, 1.54) is 18.4 Å². The lowest BCUT2D eigenvalue weighted by atomic mass is 9.99. The van der Waals surface area contributed by atoms with E-state index in [0.29, 0.717) is 12.5 Å². The summed E-state index contributed by atoms with van der Waals surface area (Å²) in [5, 5.41) is 9.14. The molecule has 2 heterocycles. The first-order chi connectivity index (χ1) is 7.38. The summed E-state index contributed by atoms with van der Waals surface area (Å²) in [6, 6.07) is 4.12. The molecule has 0 spiro atoms. The molecule has 15 heavy (non-hydrogen) atoms. The van der Waals surface area contributed by atoms with Gasteiger partial charge in [-0.25, -0.2) is 0 Å². The molecule has 1 aromatic heterocycles. The third-order valence-corrected chi connectivity index (χ3v) is 3.02. The molecule has 0 saturated carbocycles. The van der Waals surface area contributed by atoms with E-state index in [4.69, 9.17) is 5.11 Å². The van der Waals surface area contributed by atoms with Crippen LogP contribution < -0.4 is 0 Å². The molecule has 0 amide bonds. The van der Waals surface area contributed by atoms with Crippen LogP contribution in [-0.2, 0) is 6.54 Å². The van der Waals surface area contributed by atoms with Gasteiger partial charge in [-0.15, -0.1) is 0 Å². The minimum atomic E-state index is 0.326. The average molecular weight is 206 g/mol. The highest BCUT2D eigenvalue weighted by molar-refractivity contribution is 5.09. The molecule has 1 aliphatic rings. The van der Waals surface area contributed by atoms with Gasteiger partial charge in [0.05, 0.1) is 0 Å². The number of nitrogens with zero attached hydrogens (tertiary/aromatic N) is 2. The van der Waals surface area contributed by atoms with Gasteiger partial charge >= 0.3 is 0 Å². The molecule has 1 aliphatic heterocycles. The number of rotatable bonds is 3. The van der Waals surface area contributed by atoms with Crippen LogP contribution in [0.3, 0.4) is 0 Å². The molecule has 82 valence electrons. The molecule has 1 atom stereocenters. The Morgan fingerprint density at radius 2 is 2.20 bits per heavy atom. The summed E-state index contributed by atoms with van der Waals surface area (Å²) in [7, 11) is 0. The van der Waals surface area contributed by atoms with Crippen LogP contribution in [-0.4, -0.2) is 34.7 Å². The van der Waals surface area contributed by atoms with E-state index in [1.807, 2.05) is 12.4 Å². The Hall–Kier alpha value is -0.930. The van der Waals surface area contributed by atoms with E-state index < -0.39 is 0 Å². The number of aromatic nitrogens is 1. The lowest BCUT2D eigenvalue weighted by Crippen LogP contribution is -2.36. The molecular weight excluding hydrogens is 188 g/mol. The fourth-order valence-electron chi connectivity index (χ4n) is 2.19. The Morgan fingerprint density at radius 3 is 2.93 bits per heavy atom. The summed E-state index contributed by atoms with van der Waals surface area (Å²) in [6.07, 6.45) is 6.05. The molecule has 0 aromatic carbocycles. The van der Waals surface area contributed by atoms with Crippen LogP contribution >= 0.6 is 0 Å². The van der Waals surface area contributed by atoms with Crippen LogP contribution in [0.5, 0.6) is 0 Å². The van der Waals surface area contributed by atoms with Crippen molar-refractivity contribution in [3.05, 3.63) is 30.1 Å². The first-order valence-corrected chi connectivity index (χ1v) is 5.60. The van der Waals surface area contributed by atoms with E-state index in [0.717, 1.165) is 19.6 Å². The topological polar surface area (TPSA) is 36.4 Å². The Morgan fingerprint density at radius 1 is 1.40 bits per heavy atom. The highest BCUT2D eigenvalue weighted by Gasteiger charge is 2.18. The van der Waals surface area contributed by atoms with Crippen molar-refractivity contribution in [3.8, 4) is 0 Å². The van der Waals surface area contributed by atoms with Crippen molar-refractivity contribution >= 4 is 0 Å². The Bertz CT molecular complexity index is 289. The van der Waals surface area contributed by atoms with Gasteiger partial charge in [-0.3, -0.25) is 9.88 Å². The molecule has 1 saturated heterocycles. The minimum Gasteiger partial charge on any atom is -0.396 e. The van der Waals surface area contributed by atoms with Crippen molar-refractivity contribution in [2.45, 2.75) is 19.4 Å². The number of hydrogen-bond acceptors (Lipinski definition) is 3. The third kappa shape index (κ3) is 3.01. The van der Waals surface area contributed by atoms with Crippen LogP contribution in [0, 0.1) is 5.92 Å². The summed E-state index contributed by atoms with van der Waals surface area (Å²) in [5.74, 6) is 0.473. The number of aliphatic hydroxyl groups is 1. The Kier molecular flexibility index (Phi) is 3.69. The quantitative estimate of drug-likeness (QED) is 0.809. The summed E-state index contributed by atoms with van der Waals surface area (Å²) in [5.41, 5.74) is 1.31. The van der Waals surface area contributed by atoms with Crippen LogP contribution in [0.1, 0.15) is 18.4 Å². The molecule has 1 fully saturated rings. The van der Waals surface area contributed by atoms with E-state index in [1.54, 1.807) is 0 Å². The predicted molar refractivity (Wildman–Crippen MR) is 59.3 cm³/mol. The van der Waals surface area contributed by atoms with Crippen LogP contribution in [0.15, 0.2) is 24.5 Å². The van der Waals surface area contributed by atoms with Crippen LogP contribution in [0.25, 0.3) is 0 Å². The van der Waals surface area contributed by atoms with E-state index in [-0.39, 0.29) is 0 Å². The molecule has 1 unspecified atom stereocenters. The molecular formula is C12H18N2O. The van der Waals surface area contributed by atoms with Gasteiger partial charge in [-0.2, -0.15) is 0 Å². The molecule has 0 aliphatic carbocycles. The summed E-state index contributed by atoms with van der Waals surface area (Å²) in [4.78, 5) is 6.43. The average Bonchev–Trinajstić information content (AvgIpc) is 2.31. The second-order valence-electron chi connectivity index (χ2n) is 4.28. The van der Waals surface area contributed by atoms with Crippen molar-refractivity contribution in [2.24, 2.45) is 5.92 Å². The summed E-state index contributed by atoms with van der Waals surface area (Å²) >= 11 is 0. The monoisotopic (exact) mass is 206 g/mol. The van der Waals surface area contributed by atoms with Crippen molar-refractivity contribution < 1.29 is 5.11 Å². The molecule has 1 aromatic rings. The summed E-state index contributed by atoms with van der Waals surface area (Å²) in [6.45, 7) is 3.49. The second-order valence-corrected chi connectivity index (χ2v) is 4.28. The normalized spacial score (nSPS) is 22.9. The SMILES string of the molecule is OCC1CCCN(Cc2ccncc2)C1. The predicted octanol–water partition coefficient (Wildman–Crippen LogP) is 1.29. The second kappa shape index (κ2) is 5.24. The van der Waals surface area contributed by atoms with Gasteiger partial charge in [-0.05, 0) is 43.0 Å². The smallest absolute Gasteiger partial charge is 0.0471 e. The molecule has 0 radical (unpaired) electrons. The standard InChI is InChI=1S/C12H18N2O/c15-10-12-2-1-7-14(9-12)8-11-3-5-13-6-4-11/h3-6,12,15H,1-2,7-10H2. The zero-order valence-corrected chi connectivity index (χ0v) is 8.97. The zero-order valence-electron chi connectivity index (χ0n) is 8.97. The Balaban J connectivity index is 1.89. The lowest BCUT2D eigenvalue weighted by Gasteiger charge is -2.31. The van der Waals surface area contributed by atoms with Crippen molar-refractivity contribution in [1.29, 1.82) is 0 Å². The van der Waals surface area contributed by atoms with Gasteiger partial charge in [0.15, 0.2) is 0 Å². The van der Waals surface area contributed by atoms with Gasteiger partial charge in [0.2, 0.25) is 0 Å². The van der Waals surface area contributed by atoms with Crippen molar-refractivity contribution in [3.63, 3.8) is 0 Å². The molecule has 2 rings (SSSR count). The number of pyridine rings is 1. The number of likely N-dealkylation sites (tertiary alicyclic amines) is 1.